The van der Waals surface area contributed by atoms with E-state index < -0.39 is 5.82 Å². The summed E-state index contributed by atoms with van der Waals surface area (Å²) in [5.74, 6) is -0.739. The average molecular weight is 462 g/mol. The summed E-state index contributed by atoms with van der Waals surface area (Å²) in [5, 5.41) is 4.11. The smallest absolute Gasteiger partial charge is 0.201 e. The molecule has 0 aromatic heterocycles. The number of nitrogens with two attached hydrogens (primary N) is 1. The van der Waals surface area contributed by atoms with Crippen molar-refractivity contribution in [3.05, 3.63) is 81.0 Å². The molecule has 0 bridgehead atoms. The molecule has 0 saturated carbocycles. The van der Waals surface area contributed by atoms with Gasteiger partial charge in [-0.15, -0.1) is 0 Å². The molecule has 1 fully saturated rings. The van der Waals surface area contributed by atoms with Crippen molar-refractivity contribution >= 4 is 29.5 Å². The largest absolute Gasteiger partial charge is 0.401 e. The van der Waals surface area contributed by atoms with E-state index in [-0.39, 0.29) is 11.3 Å². The molecule has 3 N–H and O–H groups in total. The lowest BCUT2D eigenvalue weighted by atomic mass is 10.1. The molecule has 1 saturated heterocycles. The van der Waals surface area contributed by atoms with Crippen LogP contribution in [0.25, 0.3) is 0 Å². The Kier molecular flexibility index (Phi) is 10.4. The number of hydrogen-bond acceptors (Lipinski definition) is 6. The van der Waals surface area contributed by atoms with Crippen LogP contribution in [0.1, 0.15) is 50.4 Å². The Labute approximate surface area is 194 Å². The maximum absolute atomic E-state index is 13.5. The number of benzene rings is 1. The molecule has 168 valence electrons. The predicted octanol–water partition coefficient (Wildman–Crippen LogP) is 5.98. The quantitative estimate of drug-likeness (QED) is 0.194. The number of nitrogens with zero attached hydrogens (tertiary/aromatic N) is 1. The number of carbonyl (C=O) groups is 1. The van der Waals surface area contributed by atoms with Crippen molar-refractivity contribution in [1.29, 1.82) is 0 Å². The van der Waals surface area contributed by atoms with E-state index in [9.17, 15) is 9.18 Å². The number of hydrogen-bond donors (Lipinski definition) is 2. The molecule has 31 heavy (non-hydrogen) atoms. The van der Waals surface area contributed by atoms with Crippen molar-refractivity contribution in [2.75, 3.05) is 13.1 Å². The van der Waals surface area contributed by atoms with Crippen LogP contribution >= 0.6 is 23.7 Å². The molecular formula is C24H32FN3OS2. The van der Waals surface area contributed by atoms with Gasteiger partial charge < -0.3 is 11.1 Å². The number of halogens is 1. The van der Waals surface area contributed by atoms with Crippen molar-refractivity contribution in [3.63, 3.8) is 0 Å². The lowest BCUT2D eigenvalue weighted by molar-refractivity contribution is 0.104. The summed E-state index contributed by atoms with van der Waals surface area (Å²) < 4.78 is 15.9. The van der Waals surface area contributed by atoms with Crippen LogP contribution in [0.3, 0.4) is 0 Å². The van der Waals surface area contributed by atoms with Gasteiger partial charge in [-0.3, -0.25) is 4.79 Å². The number of Topliss-reactive ketones (excluding diaryl/α,β-unsaturated/α-hetero) is 1. The van der Waals surface area contributed by atoms with Gasteiger partial charge in [0.25, 0.3) is 0 Å². The molecule has 1 aliphatic rings. The topological polar surface area (TPSA) is 58.4 Å². The Morgan fingerprint density at radius 3 is 2.68 bits per heavy atom. The van der Waals surface area contributed by atoms with Crippen molar-refractivity contribution < 1.29 is 9.18 Å². The van der Waals surface area contributed by atoms with E-state index in [0.29, 0.717) is 21.7 Å². The van der Waals surface area contributed by atoms with Gasteiger partial charge in [0.1, 0.15) is 5.82 Å². The van der Waals surface area contributed by atoms with E-state index in [1.54, 1.807) is 13.0 Å². The third kappa shape index (κ3) is 8.59. The monoisotopic (exact) mass is 461 g/mol. The second-order valence-electron chi connectivity index (χ2n) is 7.44. The molecule has 1 heterocycles. The summed E-state index contributed by atoms with van der Waals surface area (Å²) >= 11 is 3.04. The van der Waals surface area contributed by atoms with Gasteiger partial charge >= 0.3 is 0 Å². The summed E-state index contributed by atoms with van der Waals surface area (Å²) in [7, 11) is 0. The SMILES string of the molecule is C=C(NC1CCN(S/C(C)=C/C/C=C\C)CC1)S/C(C(=O)c1cccc(F)c1)=C(\C)N. The van der Waals surface area contributed by atoms with E-state index in [0.717, 1.165) is 32.4 Å². The van der Waals surface area contributed by atoms with Crippen LogP contribution < -0.4 is 11.1 Å². The first-order chi connectivity index (χ1) is 14.8. The van der Waals surface area contributed by atoms with Crippen LogP contribution in [-0.2, 0) is 0 Å². The van der Waals surface area contributed by atoms with E-state index >= 15 is 0 Å². The Morgan fingerprint density at radius 1 is 1.35 bits per heavy atom. The third-order valence-electron chi connectivity index (χ3n) is 4.75. The molecule has 2 rings (SSSR count). The van der Waals surface area contributed by atoms with E-state index in [4.69, 9.17) is 5.73 Å². The first-order valence-electron chi connectivity index (χ1n) is 10.4. The molecule has 7 heteroatoms. The van der Waals surface area contributed by atoms with Gasteiger partial charge in [-0.05, 0) is 69.0 Å². The minimum atomic E-state index is -0.446. The van der Waals surface area contributed by atoms with Crippen LogP contribution in [0.5, 0.6) is 0 Å². The van der Waals surface area contributed by atoms with Crippen LogP contribution in [0.15, 0.2) is 69.6 Å². The summed E-state index contributed by atoms with van der Waals surface area (Å²) in [6.07, 6.45) is 9.41. The lowest BCUT2D eigenvalue weighted by Gasteiger charge is -2.32. The standard InChI is InChI=1S/C24H32FN3OS2/c1-5-6-7-9-17(2)31-28-14-12-22(13-15-28)27-19(4)30-24(18(3)26)23(29)20-10-8-11-21(25)16-20/h5-6,8-11,16,22,27H,4,7,12-15,26H2,1-3H3/b6-5-,17-9+,24-18+. The molecule has 1 aromatic rings. The fourth-order valence-electron chi connectivity index (χ4n) is 3.15. The highest BCUT2D eigenvalue weighted by atomic mass is 32.2. The van der Waals surface area contributed by atoms with Crippen LogP contribution in [0, 0.1) is 5.82 Å². The molecular weight excluding hydrogens is 429 g/mol. The van der Waals surface area contributed by atoms with Crippen LogP contribution in [0.2, 0.25) is 0 Å². The molecule has 0 unspecified atom stereocenters. The molecule has 0 atom stereocenters. The average Bonchev–Trinajstić information content (AvgIpc) is 2.73. The second kappa shape index (κ2) is 12.8. The highest BCUT2D eigenvalue weighted by Gasteiger charge is 2.22. The zero-order valence-corrected chi connectivity index (χ0v) is 20.1. The molecule has 1 aliphatic heterocycles. The Balaban J connectivity index is 1.86. The minimum absolute atomic E-state index is 0.281. The minimum Gasteiger partial charge on any atom is -0.401 e. The van der Waals surface area contributed by atoms with Gasteiger partial charge in [0.15, 0.2) is 0 Å². The molecule has 0 radical (unpaired) electrons. The molecule has 0 aliphatic carbocycles. The zero-order valence-electron chi connectivity index (χ0n) is 18.5. The van der Waals surface area contributed by atoms with Crippen molar-refractivity contribution in [2.45, 2.75) is 46.1 Å². The third-order valence-corrected chi connectivity index (χ3v) is 6.90. The molecule has 4 nitrogen and oxygen atoms in total. The summed E-state index contributed by atoms with van der Waals surface area (Å²) in [6, 6.07) is 5.95. The zero-order chi connectivity index (χ0) is 22.8. The first kappa shape index (κ1) is 25.3. The number of nitrogens with one attached hydrogen (secondary N) is 1. The fourth-order valence-corrected chi connectivity index (χ4v) is 4.96. The Bertz CT molecular complexity index is 867. The van der Waals surface area contributed by atoms with Crippen molar-refractivity contribution in [3.8, 4) is 0 Å². The number of carbonyl (C=O) groups excluding carboxylic acids is 1. The molecule has 1 aromatic carbocycles. The summed E-state index contributed by atoms with van der Waals surface area (Å²) in [6.45, 7) is 11.9. The number of thioether (sulfide) groups is 1. The molecule has 0 spiro atoms. The Morgan fingerprint density at radius 2 is 2.06 bits per heavy atom. The highest BCUT2D eigenvalue weighted by molar-refractivity contribution is 8.07. The first-order valence-corrected chi connectivity index (χ1v) is 12.0. The molecule has 0 amide bonds. The number of allylic oxidation sites excluding steroid dienone is 6. The predicted molar refractivity (Wildman–Crippen MR) is 133 cm³/mol. The van der Waals surface area contributed by atoms with E-state index in [2.05, 4.69) is 41.4 Å². The normalized spacial score (nSPS) is 17.0. The van der Waals surface area contributed by atoms with Crippen LogP contribution in [-0.4, -0.2) is 29.2 Å². The highest BCUT2D eigenvalue weighted by Crippen LogP contribution is 2.30. The maximum atomic E-state index is 13.5. The van der Waals surface area contributed by atoms with Crippen molar-refractivity contribution in [1.82, 2.24) is 9.62 Å². The van der Waals surface area contributed by atoms with Gasteiger partial charge in [0.05, 0.1) is 9.93 Å². The van der Waals surface area contributed by atoms with Gasteiger partial charge in [-0.25, -0.2) is 8.70 Å². The summed E-state index contributed by atoms with van der Waals surface area (Å²) in [5.41, 5.74) is 6.64. The van der Waals surface area contributed by atoms with E-state index in [1.165, 1.54) is 34.9 Å². The summed E-state index contributed by atoms with van der Waals surface area (Å²) in [4.78, 5) is 14.5. The van der Waals surface area contributed by atoms with E-state index in [1.807, 2.05) is 18.9 Å². The van der Waals surface area contributed by atoms with Gasteiger partial charge in [-0.2, -0.15) is 0 Å². The van der Waals surface area contributed by atoms with Crippen molar-refractivity contribution in [2.24, 2.45) is 5.73 Å². The Hall–Kier alpha value is -1.96. The van der Waals surface area contributed by atoms with Gasteiger partial charge in [-0.1, -0.05) is 48.7 Å². The van der Waals surface area contributed by atoms with Crippen LogP contribution in [0.4, 0.5) is 4.39 Å². The van der Waals surface area contributed by atoms with Gasteiger partial charge in [0, 0.05) is 30.4 Å². The second-order valence-corrected chi connectivity index (χ2v) is 9.88. The number of piperidine rings is 1. The maximum Gasteiger partial charge on any atom is 0.201 e. The number of rotatable bonds is 10. The van der Waals surface area contributed by atoms with Gasteiger partial charge in [0.2, 0.25) is 5.78 Å². The lowest BCUT2D eigenvalue weighted by Crippen LogP contribution is -2.39. The fraction of sp³-hybridized carbons (Fsp3) is 0.375. The number of ketones is 1.